The number of likely N-dealkylation sites (N-methyl/N-ethyl adjacent to an activating group) is 1. The van der Waals surface area contributed by atoms with Gasteiger partial charge >= 0.3 is 0 Å². The first-order valence-electron chi connectivity index (χ1n) is 13.8. The Morgan fingerprint density at radius 2 is 1.50 bits per heavy atom. The van der Waals surface area contributed by atoms with Crippen molar-refractivity contribution < 1.29 is 27.5 Å². The van der Waals surface area contributed by atoms with E-state index in [1.54, 1.807) is 54.6 Å². The van der Waals surface area contributed by atoms with E-state index in [4.69, 9.17) is 21.1 Å². The highest BCUT2D eigenvalue weighted by atomic mass is 35.5. The Morgan fingerprint density at radius 3 is 2.11 bits per heavy atom. The number of amides is 2. The maximum atomic E-state index is 14.4. The summed E-state index contributed by atoms with van der Waals surface area (Å²) in [6.07, 6.45) is 0.195. The Hall–Kier alpha value is -4.54. The van der Waals surface area contributed by atoms with E-state index in [1.807, 2.05) is 30.3 Å². The first kappa shape index (κ1) is 32.4. The van der Waals surface area contributed by atoms with Crippen LogP contribution in [-0.2, 0) is 32.6 Å². The van der Waals surface area contributed by atoms with Crippen LogP contribution in [0, 0.1) is 0 Å². The fourth-order valence-corrected chi connectivity index (χ4v) is 6.43. The van der Waals surface area contributed by atoms with Crippen LogP contribution in [0.15, 0.2) is 108 Å². The molecule has 44 heavy (non-hydrogen) atoms. The third kappa shape index (κ3) is 7.69. The number of carbonyl (C=O) groups excluding carboxylic acids is 2. The van der Waals surface area contributed by atoms with Gasteiger partial charge in [-0.3, -0.25) is 13.9 Å². The van der Waals surface area contributed by atoms with E-state index in [-0.39, 0.29) is 29.3 Å². The second kappa shape index (κ2) is 14.8. The molecule has 4 aromatic rings. The average Bonchev–Trinajstić information content (AvgIpc) is 3.05. The van der Waals surface area contributed by atoms with E-state index in [9.17, 15) is 18.0 Å². The van der Waals surface area contributed by atoms with Gasteiger partial charge in [0.05, 0.1) is 24.8 Å². The zero-order valence-electron chi connectivity index (χ0n) is 24.6. The highest BCUT2D eigenvalue weighted by Crippen LogP contribution is 2.36. The van der Waals surface area contributed by atoms with Gasteiger partial charge in [0.15, 0.2) is 0 Å². The summed E-state index contributed by atoms with van der Waals surface area (Å²) in [5, 5.41) is 3.13. The molecule has 0 aliphatic heterocycles. The summed E-state index contributed by atoms with van der Waals surface area (Å²) in [5.74, 6) is -0.434. The summed E-state index contributed by atoms with van der Waals surface area (Å²) >= 11 is 6.27. The van der Waals surface area contributed by atoms with Crippen LogP contribution in [0.4, 0.5) is 5.69 Å². The minimum Gasteiger partial charge on any atom is -0.497 e. The van der Waals surface area contributed by atoms with Crippen molar-refractivity contribution in [2.75, 3.05) is 32.1 Å². The van der Waals surface area contributed by atoms with Gasteiger partial charge < -0.3 is 19.7 Å². The monoisotopic (exact) mass is 635 g/mol. The average molecular weight is 636 g/mol. The quantitative estimate of drug-likeness (QED) is 0.223. The van der Waals surface area contributed by atoms with E-state index < -0.39 is 34.4 Å². The topological polar surface area (TPSA) is 105 Å². The molecule has 0 heterocycles. The van der Waals surface area contributed by atoms with Crippen LogP contribution in [0.25, 0.3) is 0 Å². The van der Waals surface area contributed by atoms with Crippen molar-refractivity contribution in [3.05, 3.63) is 119 Å². The third-order valence-corrected chi connectivity index (χ3v) is 9.03. The van der Waals surface area contributed by atoms with Crippen LogP contribution in [0.1, 0.15) is 11.1 Å². The number of benzene rings is 4. The van der Waals surface area contributed by atoms with Crippen molar-refractivity contribution in [3.8, 4) is 11.5 Å². The molecule has 4 aromatic carbocycles. The Balaban J connectivity index is 1.84. The molecule has 1 N–H and O–H groups in total. The van der Waals surface area contributed by atoms with Gasteiger partial charge in [-0.25, -0.2) is 8.42 Å². The van der Waals surface area contributed by atoms with Crippen LogP contribution in [0.2, 0.25) is 5.02 Å². The number of halogens is 1. The molecule has 2 amide bonds. The zero-order chi connectivity index (χ0) is 31.7. The van der Waals surface area contributed by atoms with E-state index in [0.29, 0.717) is 16.3 Å². The Kier molecular flexibility index (Phi) is 10.9. The first-order chi connectivity index (χ1) is 21.2. The lowest BCUT2D eigenvalue weighted by Gasteiger charge is -2.34. The second-order valence-corrected chi connectivity index (χ2v) is 12.1. The zero-order valence-corrected chi connectivity index (χ0v) is 26.2. The molecule has 0 spiro atoms. The molecule has 0 bridgehead atoms. The summed E-state index contributed by atoms with van der Waals surface area (Å²) < 4.78 is 40.2. The number of rotatable bonds is 13. The van der Waals surface area contributed by atoms with Crippen molar-refractivity contribution in [2.24, 2.45) is 0 Å². The Labute approximate surface area is 263 Å². The number of ether oxygens (including phenoxy) is 2. The fourth-order valence-electron chi connectivity index (χ4n) is 4.78. The van der Waals surface area contributed by atoms with E-state index in [0.717, 1.165) is 9.87 Å². The maximum absolute atomic E-state index is 14.4. The molecule has 0 aliphatic carbocycles. The van der Waals surface area contributed by atoms with Crippen LogP contribution < -0.4 is 19.1 Å². The standard InChI is InChI=1S/C33H34ClN3O6S/c1-35-33(39)30(20-24-11-6-4-7-12-24)36(22-25-13-10-14-26(34)19-25)32(38)23-37(44(40,41)28-15-8-5-9-16-28)29-21-27(42-2)17-18-31(29)43-3/h4-19,21,30H,20,22-23H2,1-3H3,(H,35,39)/t30-/m1/s1. The van der Waals surface area contributed by atoms with Gasteiger partial charge in [-0.2, -0.15) is 0 Å². The van der Waals surface area contributed by atoms with E-state index >= 15 is 0 Å². The lowest BCUT2D eigenvalue weighted by molar-refractivity contribution is -0.139. The highest BCUT2D eigenvalue weighted by molar-refractivity contribution is 7.92. The van der Waals surface area contributed by atoms with Crippen LogP contribution in [-0.4, -0.2) is 59.0 Å². The summed E-state index contributed by atoms with van der Waals surface area (Å²) in [6, 6.07) is 27.8. The molecule has 1 atom stereocenters. The van der Waals surface area contributed by atoms with Crippen molar-refractivity contribution in [1.82, 2.24) is 10.2 Å². The Morgan fingerprint density at radius 1 is 0.841 bits per heavy atom. The number of anilines is 1. The number of nitrogens with zero attached hydrogens (tertiary/aromatic N) is 2. The molecule has 230 valence electrons. The Bertz CT molecular complexity index is 1690. The summed E-state index contributed by atoms with van der Waals surface area (Å²) in [4.78, 5) is 29.2. The molecule has 0 aromatic heterocycles. The first-order valence-corrected chi connectivity index (χ1v) is 15.6. The summed E-state index contributed by atoms with van der Waals surface area (Å²) in [7, 11) is 0.0595. The van der Waals surface area contributed by atoms with Gasteiger partial charge in [0, 0.05) is 31.1 Å². The molecule has 0 unspecified atom stereocenters. The van der Waals surface area contributed by atoms with Crippen molar-refractivity contribution in [3.63, 3.8) is 0 Å². The van der Waals surface area contributed by atoms with Gasteiger partial charge in [0.2, 0.25) is 11.8 Å². The number of hydrogen-bond acceptors (Lipinski definition) is 6. The number of methoxy groups -OCH3 is 2. The van der Waals surface area contributed by atoms with E-state index in [1.165, 1.54) is 44.4 Å². The van der Waals surface area contributed by atoms with Crippen LogP contribution in [0.5, 0.6) is 11.5 Å². The number of nitrogens with one attached hydrogen (secondary N) is 1. The van der Waals surface area contributed by atoms with Crippen molar-refractivity contribution in [2.45, 2.75) is 23.9 Å². The van der Waals surface area contributed by atoms with Gasteiger partial charge in [-0.05, 0) is 47.5 Å². The number of hydrogen-bond donors (Lipinski definition) is 1. The largest absolute Gasteiger partial charge is 0.497 e. The van der Waals surface area contributed by atoms with Crippen LogP contribution >= 0.6 is 11.6 Å². The van der Waals surface area contributed by atoms with Gasteiger partial charge in [-0.15, -0.1) is 0 Å². The SMILES string of the molecule is CNC(=O)[C@@H](Cc1ccccc1)N(Cc1cccc(Cl)c1)C(=O)CN(c1cc(OC)ccc1OC)S(=O)(=O)c1ccccc1. The lowest BCUT2D eigenvalue weighted by Crippen LogP contribution is -2.53. The second-order valence-electron chi connectivity index (χ2n) is 9.83. The van der Waals surface area contributed by atoms with Gasteiger partial charge in [-0.1, -0.05) is 72.3 Å². The smallest absolute Gasteiger partial charge is 0.264 e. The maximum Gasteiger partial charge on any atom is 0.264 e. The normalized spacial score (nSPS) is 11.7. The molecular weight excluding hydrogens is 602 g/mol. The fraction of sp³-hybridized carbons (Fsp3) is 0.212. The number of sulfonamides is 1. The molecular formula is C33H34ClN3O6S. The summed E-state index contributed by atoms with van der Waals surface area (Å²) in [6.45, 7) is -0.637. The molecule has 0 radical (unpaired) electrons. The molecule has 0 fully saturated rings. The molecule has 0 aliphatic rings. The molecule has 0 saturated heterocycles. The predicted molar refractivity (Wildman–Crippen MR) is 171 cm³/mol. The molecule has 4 rings (SSSR count). The predicted octanol–water partition coefficient (Wildman–Crippen LogP) is 4.94. The minimum atomic E-state index is -4.30. The van der Waals surface area contributed by atoms with E-state index in [2.05, 4.69) is 5.32 Å². The number of carbonyl (C=O) groups is 2. The molecule has 9 nitrogen and oxygen atoms in total. The van der Waals surface area contributed by atoms with Gasteiger partial charge in [0.25, 0.3) is 10.0 Å². The highest BCUT2D eigenvalue weighted by Gasteiger charge is 2.35. The van der Waals surface area contributed by atoms with Crippen molar-refractivity contribution >= 4 is 39.1 Å². The summed E-state index contributed by atoms with van der Waals surface area (Å²) in [5.41, 5.74) is 1.60. The van der Waals surface area contributed by atoms with Crippen molar-refractivity contribution in [1.29, 1.82) is 0 Å². The van der Waals surface area contributed by atoms with Crippen LogP contribution in [0.3, 0.4) is 0 Å². The lowest BCUT2D eigenvalue weighted by atomic mass is 10.0. The molecule has 11 heteroatoms. The third-order valence-electron chi connectivity index (χ3n) is 7.02. The van der Waals surface area contributed by atoms with Gasteiger partial charge in [0.1, 0.15) is 24.1 Å². The minimum absolute atomic E-state index is 0.00121. The molecule has 0 saturated carbocycles.